The molecule has 0 saturated heterocycles. The minimum atomic E-state index is -4.69. The highest BCUT2D eigenvalue weighted by Crippen LogP contribution is 2.32. The molecule has 0 atom stereocenters. The van der Waals surface area contributed by atoms with Crippen LogP contribution in [0.2, 0.25) is 5.02 Å². The van der Waals surface area contributed by atoms with Crippen LogP contribution in [0, 0.1) is 5.82 Å². The van der Waals surface area contributed by atoms with Crippen LogP contribution in [0.4, 0.5) is 17.6 Å². The molecule has 0 unspecified atom stereocenters. The Labute approximate surface area is 133 Å². The Hall–Kier alpha value is -2.41. The van der Waals surface area contributed by atoms with Gasteiger partial charge in [-0.1, -0.05) is 35.0 Å². The molecule has 120 valence electrons. The molecular weight excluding hydrogens is 338 g/mol. The van der Waals surface area contributed by atoms with Crippen molar-refractivity contribution in [3.05, 3.63) is 70.0 Å². The van der Waals surface area contributed by atoms with Gasteiger partial charge >= 0.3 is 12.1 Å². The fourth-order valence-corrected chi connectivity index (χ4v) is 1.87. The Morgan fingerprint density at radius 1 is 1.17 bits per heavy atom. The zero-order valence-electron chi connectivity index (χ0n) is 11.3. The van der Waals surface area contributed by atoms with Crippen molar-refractivity contribution in [3.8, 4) is 0 Å². The summed E-state index contributed by atoms with van der Waals surface area (Å²) in [5.41, 5.74) is -1.47. The van der Waals surface area contributed by atoms with Gasteiger partial charge in [-0.15, -0.1) is 0 Å². The molecule has 2 aromatic rings. The van der Waals surface area contributed by atoms with E-state index in [1.807, 2.05) is 0 Å². The van der Waals surface area contributed by atoms with Gasteiger partial charge in [-0.3, -0.25) is 0 Å². The largest absolute Gasteiger partial charge is 0.417 e. The molecule has 0 heterocycles. The number of halogens is 5. The van der Waals surface area contributed by atoms with Gasteiger partial charge in [0, 0.05) is 0 Å². The lowest BCUT2D eigenvalue weighted by atomic mass is 10.1. The summed E-state index contributed by atoms with van der Waals surface area (Å²) >= 11 is 5.55. The zero-order chi connectivity index (χ0) is 17.0. The quantitative estimate of drug-likeness (QED) is 0.350. The second-order valence-electron chi connectivity index (χ2n) is 4.33. The molecule has 0 aliphatic carbocycles. The number of hydrogen-bond acceptors (Lipinski definition) is 3. The average Bonchev–Trinajstić information content (AvgIpc) is 2.50. The van der Waals surface area contributed by atoms with E-state index >= 15 is 0 Å². The van der Waals surface area contributed by atoms with Gasteiger partial charge in [-0.2, -0.15) is 13.2 Å². The first-order valence-corrected chi connectivity index (χ1v) is 6.53. The van der Waals surface area contributed by atoms with Gasteiger partial charge in [0.15, 0.2) is 0 Å². The Balaban J connectivity index is 2.14. The summed E-state index contributed by atoms with van der Waals surface area (Å²) in [7, 11) is 0. The van der Waals surface area contributed by atoms with Crippen molar-refractivity contribution in [3.63, 3.8) is 0 Å². The molecule has 3 nitrogen and oxygen atoms in total. The van der Waals surface area contributed by atoms with Crippen molar-refractivity contribution in [1.29, 1.82) is 0 Å². The van der Waals surface area contributed by atoms with Gasteiger partial charge in [0.05, 0.1) is 22.4 Å². The number of benzene rings is 2. The van der Waals surface area contributed by atoms with Crippen molar-refractivity contribution in [2.45, 2.75) is 6.18 Å². The zero-order valence-corrected chi connectivity index (χ0v) is 12.0. The van der Waals surface area contributed by atoms with Crippen molar-refractivity contribution < 1.29 is 27.2 Å². The van der Waals surface area contributed by atoms with Crippen LogP contribution in [0.25, 0.3) is 0 Å². The molecule has 23 heavy (non-hydrogen) atoms. The lowest BCUT2D eigenvalue weighted by molar-refractivity contribution is -0.138. The number of hydrogen-bond donors (Lipinski definition) is 0. The number of carbonyl (C=O) groups is 1. The Kier molecular flexibility index (Phi) is 5.00. The van der Waals surface area contributed by atoms with E-state index in [-0.39, 0.29) is 5.02 Å². The third-order valence-electron chi connectivity index (χ3n) is 2.73. The molecule has 0 fully saturated rings. The number of carbonyl (C=O) groups excluding carboxylic acids is 1. The third kappa shape index (κ3) is 4.29. The van der Waals surface area contributed by atoms with Crippen LogP contribution in [-0.2, 0) is 11.0 Å². The van der Waals surface area contributed by atoms with Crippen molar-refractivity contribution in [2.24, 2.45) is 5.16 Å². The van der Waals surface area contributed by atoms with Gasteiger partial charge < -0.3 is 4.84 Å². The molecule has 0 amide bonds. The predicted octanol–water partition coefficient (Wildman–Crippen LogP) is 4.69. The monoisotopic (exact) mass is 345 g/mol. The first kappa shape index (κ1) is 17.0. The van der Waals surface area contributed by atoms with Gasteiger partial charge in [0.25, 0.3) is 0 Å². The molecule has 2 rings (SSSR count). The Morgan fingerprint density at radius 3 is 2.52 bits per heavy atom. The summed E-state index contributed by atoms with van der Waals surface area (Å²) in [4.78, 5) is 16.1. The molecular formula is C15H8ClF4NO2. The van der Waals surface area contributed by atoms with Crippen LogP contribution in [0.15, 0.2) is 47.6 Å². The molecule has 8 heteroatoms. The van der Waals surface area contributed by atoms with Crippen LogP contribution in [0.3, 0.4) is 0 Å². The first-order chi connectivity index (χ1) is 10.8. The lowest BCUT2D eigenvalue weighted by Crippen LogP contribution is -2.13. The highest BCUT2D eigenvalue weighted by molar-refractivity contribution is 6.31. The lowest BCUT2D eigenvalue weighted by Gasteiger charge is -2.09. The second kappa shape index (κ2) is 6.78. The molecule has 0 N–H and O–H groups in total. The summed E-state index contributed by atoms with van der Waals surface area (Å²) in [6, 6.07) is 7.78. The standard InChI is InChI=1S/C15H8ClF4NO2/c16-12-7-9(5-6-13(12)17)8-21-23-14(22)10-3-1-2-4-11(10)15(18,19)20/h1-8H/b21-8-. The maximum Gasteiger partial charge on any atom is 0.417 e. The van der Waals surface area contributed by atoms with Gasteiger partial charge in [-0.05, 0) is 29.8 Å². The second-order valence-corrected chi connectivity index (χ2v) is 4.74. The fraction of sp³-hybridized carbons (Fsp3) is 0.0667. The van der Waals surface area contributed by atoms with Crippen LogP contribution in [-0.4, -0.2) is 12.2 Å². The summed E-state index contributed by atoms with van der Waals surface area (Å²) < 4.78 is 51.3. The SMILES string of the molecule is O=C(O/N=C\c1ccc(F)c(Cl)c1)c1ccccc1C(F)(F)F. The van der Waals surface area contributed by atoms with E-state index in [1.54, 1.807) is 0 Å². The third-order valence-corrected chi connectivity index (χ3v) is 3.02. The first-order valence-electron chi connectivity index (χ1n) is 6.15. The van der Waals surface area contributed by atoms with Crippen molar-refractivity contribution >= 4 is 23.8 Å². The van der Waals surface area contributed by atoms with Crippen molar-refractivity contribution in [2.75, 3.05) is 0 Å². The molecule has 0 radical (unpaired) electrons. The highest BCUT2D eigenvalue weighted by Gasteiger charge is 2.35. The minimum Gasteiger partial charge on any atom is -0.313 e. The summed E-state index contributed by atoms with van der Waals surface area (Å²) in [6.45, 7) is 0. The minimum absolute atomic E-state index is 0.164. The molecule has 0 aliphatic rings. The van der Waals surface area contributed by atoms with Crippen molar-refractivity contribution in [1.82, 2.24) is 0 Å². The molecule has 0 spiro atoms. The van der Waals surface area contributed by atoms with E-state index in [0.29, 0.717) is 5.56 Å². The maximum atomic E-state index is 13.0. The molecule has 0 aliphatic heterocycles. The molecule has 0 aromatic heterocycles. The van der Waals surface area contributed by atoms with E-state index in [2.05, 4.69) is 9.99 Å². The highest BCUT2D eigenvalue weighted by atomic mass is 35.5. The number of alkyl halides is 3. The Bertz CT molecular complexity index is 759. The normalized spacial score (nSPS) is 11.7. The topological polar surface area (TPSA) is 38.7 Å². The number of rotatable bonds is 3. The molecule has 2 aromatic carbocycles. The van der Waals surface area contributed by atoms with Gasteiger partial charge in [0.2, 0.25) is 0 Å². The fourth-order valence-electron chi connectivity index (χ4n) is 1.69. The average molecular weight is 346 g/mol. The van der Waals surface area contributed by atoms with Crippen LogP contribution >= 0.6 is 11.6 Å². The van der Waals surface area contributed by atoms with Gasteiger partial charge in [-0.25, -0.2) is 9.18 Å². The molecule has 0 bridgehead atoms. The Morgan fingerprint density at radius 2 is 1.87 bits per heavy atom. The molecule has 0 saturated carbocycles. The van der Waals surface area contributed by atoms with Crippen LogP contribution in [0.1, 0.15) is 21.5 Å². The van der Waals surface area contributed by atoms with Crippen LogP contribution < -0.4 is 0 Å². The van der Waals surface area contributed by atoms with Crippen LogP contribution in [0.5, 0.6) is 0 Å². The van der Waals surface area contributed by atoms with Gasteiger partial charge in [0.1, 0.15) is 5.82 Å². The summed E-state index contributed by atoms with van der Waals surface area (Å²) in [5, 5.41) is 3.12. The maximum absolute atomic E-state index is 13.0. The smallest absolute Gasteiger partial charge is 0.313 e. The summed E-state index contributed by atoms with van der Waals surface area (Å²) in [6.07, 6.45) is -3.66. The predicted molar refractivity (Wildman–Crippen MR) is 75.9 cm³/mol. The van der Waals surface area contributed by atoms with E-state index in [1.165, 1.54) is 18.2 Å². The van der Waals surface area contributed by atoms with E-state index < -0.39 is 29.1 Å². The van der Waals surface area contributed by atoms with E-state index in [9.17, 15) is 22.4 Å². The number of oxime groups is 1. The number of nitrogens with zero attached hydrogens (tertiary/aromatic N) is 1. The van der Waals surface area contributed by atoms with E-state index in [4.69, 9.17) is 11.6 Å². The summed E-state index contributed by atoms with van der Waals surface area (Å²) in [5.74, 6) is -1.90. The van der Waals surface area contributed by atoms with E-state index in [0.717, 1.165) is 30.5 Å².